The van der Waals surface area contributed by atoms with Gasteiger partial charge in [-0.2, -0.15) is 0 Å². The highest BCUT2D eigenvalue weighted by atomic mass is 19.1. The number of pyridine rings is 1. The fraction of sp³-hybridized carbons (Fsp3) is 0.158. The number of amides is 1. The van der Waals surface area contributed by atoms with Crippen LogP contribution in [0.5, 0.6) is 5.75 Å². The first-order valence-electron chi connectivity index (χ1n) is 7.90. The minimum absolute atomic E-state index is 0.125. The van der Waals surface area contributed by atoms with Crippen molar-refractivity contribution in [3.05, 3.63) is 60.5 Å². The second-order valence-corrected chi connectivity index (χ2v) is 5.50. The molecule has 2 aromatic carbocycles. The number of aromatic nitrogens is 1. The van der Waals surface area contributed by atoms with Crippen molar-refractivity contribution in [3.8, 4) is 5.75 Å². The van der Waals surface area contributed by atoms with Gasteiger partial charge in [0.15, 0.2) is 0 Å². The Morgan fingerprint density at radius 3 is 2.92 bits per heavy atom. The van der Waals surface area contributed by atoms with Crippen LogP contribution < -0.4 is 15.4 Å². The van der Waals surface area contributed by atoms with Crippen molar-refractivity contribution >= 4 is 28.2 Å². The number of nitrogens with zero attached hydrogens (tertiary/aromatic N) is 1. The molecule has 128 valence electrons. The number of hydrogen-bond acceptors (Lipinski definition) is 4. The highest BCUT2D eigenvalue weighted by Crippen LogP contribution is 2.22. The Bertz CT molecular complexity index is 899. The third kappa shape index (κ3) is 4.44. The molecule has 0 unspecified atom stereocenters. The molecule has 0 aliphatic heterocycles. The molecule has 0 saturated heterocycles. The van der Waals surface area contributed by atoms with Gasteiger partial charge in [0, 0.05) is 48.6 Å². The monoisotopic (exact) mass is 339 g/mol. The molecule has 1 heterocycles. The summed E-state index contributed by atoms with van der Waals surface area (Å²) in [4.78, 5) is 15.2. The van der Waals surface area contributed by atoms with Gasteiger partial charge in [-0.05, 0) is 30.3 Å². The molecule has 25 heavy (non-hydrogen) atoms. The van der Waals surface area contributed by atoms with Gasteiger partial charge in [-0.15, -0.1) is 0 Å². The summed E-state index contributed by atoms with van der Waals surface area (Å²) in [5.41, 5.74) is 2.18. The minimum Gasteiger partial charge on any atom is -0.492 e. The van der Waals surface area contributed by atoms with Crippen molar-refractivity contribution in [3.63, 3.8) is 0 Å². The second-order valence-electron chi connectivity index (χ2n) is 5.50. The second kappa shape index (κ2) is 7.61. The van der Waals surface area contributed by atoms with Gasteiger partial charge < -0.3 is 15.4 Å². The van der Waals surface area contributed by atoms with Crippen LogP contribution in [0.4, 0.5) is 15.8 Å². The molecule has 0 radical (unpaired) electrons. The Hall–Kier alpha value is -3.15. The average molecular weight is 339 g/mol. The first-order valence-corrected chi connectivity index (χ1v) is 7.90. The zero-order valence-electron chi connectivity index (χ0n) is 13.8. The van der Waals surface area contributed by atoms with Crippen LogP contribution in [0.15, 0.2) is 54.7 Å². The third-order valence-corrected chi connectivity index (χ3v) is 3.55. The number of anilines is 2. The maximum atomic E-state index is 13.3. The summed E-state index contributed by atoms with van der Waals surface area (Å²) in [7, 11) is 0. The number of nitrogens with one attached hydrogen (secondary N) is 2. The van der Waals surface area contributed by atoms with Gasteiger partial charge in [0.05, 0.1) is 5.52 Å². The first-order chi connectivity index (χ1) is 12.1. The van der Waals surface area contributed by atoms with Crippen molar-refractivity contribution in [2.24, 2.45) is 0 Å². The highest BCUT2D eigenvalue weighted by molar-refractivity contribution is 5.91. The standard InChI is InChI=1S/C19H18FN3O2/c1-13(24)23-15-3-2-4-16(12-15)25-10-9-22-18-7-8-21-19-11-14(20)5-6-17(18)19/h2-8,11-12H,9-10H2,1H3,(H,21,22)(H,23,24). The smallest absolute Gasteiger partial charge is 0.221 e. The summed E-state index contributed by atoms with van der Waals surface area (Å²) in [6.45, 7) is 2.47. The fourth-order valence-electron chi connectivity index (χ4n) is 2.50. The molecule has 2 N–H and O–H groups in total. The summed E-state index contributed by atoms with van der Waals surface area (Å²) >= 11 is 0. The molecule has 3 aromatic rings. The maximum Gasteiger partial charge on any atom is 0.221 e. The molecule has 5 nitrogen and oxygen atoms in total. The van der Waals surface area contributed by atoms with Gasteiger partial charge in [0.25, 0.3) is 0 Å². The van der Waals surface area contributed by atoms with Gasteiger partial charge in [0.1, 0.15) is 18.2 Å². The van der Waals surface area contributed by atoms with Crippen molar-refractivity contribution in [2.75, 3.05) is 23.8 Å². The van der Waals surface area contributed by atoms with Crippen molar-refractivity contribution in [1.29, 1.82) is 0 Å². The van der Waals surface area contributed by atoms with Crippen LogP contribution in [0.2, 0.25) is 0 Å². The van der Waals surface area contributed by atoms with Gasteiger partial charge in [0.2, 0.25) is 5.91 Å². The topological polar surface area (TPSA) is 63.2 Å². The molecule has 1 amide bonds. The Balaban J connectivity index is 1.58. The van der Waals surface area contributed by atoms with Crippen molar-refractivity contribution in [1.82, 2.24) is 4.98 Å². The Morgan fingerprint density at radius 2 is 2.08 bits per heavy atom. The quantitative estimate of drug-likeness (QED) is 0.670. The van der Waals surface area contributed by atoms with E-state index in [1.165, 1.54) is 19.1 Å². The van der Waals surface area contributed by atoms with Gasteiger partial charge in [-0.25, -0.2) is 4.39 Å². The van der Waals surface area contributed by atoms with Crippen LogP contribution in [0, 0.1) is 5.82 Å². The van der Waals surface area contributed by atoms with Crippen LogP contribution in [0.25, 0.3) is 10.9 Å². The van der Waals surface area contributed by atoms with Crippen LogP contribution in [-0.4, -0.2) is 24.0 Å². The molecule has 0 fully saturated rings. The Morgan fingerprint density at radius 1 is 1.20 bits per heavy atom. The van der Waals surface area contributed by atoms with Crippen LogP contribution >= 0.6 is 0 Å². The Kier molecular flexibility index (Phi) is 5.09. The van der Waals surface area contributed by atoms with E-state index in [9.17, 15) is 9.18 Å². The molecule has 0 bridgehead atoms. The third-order valence-electron chi connectivity index (χ3n) is 3.55. The molecular formula is C19H18FN3O2. The largest absolute Gasteiger partial charge is 0.492 e. The van der Waals surface area contributed by atoms with Crippen LogP contribution in [-0.2, 0) is 4.79 Å². The number of halogens is 1. The van der Waals surface area contributed by atoms with Gasteiger partial charge in [-0.3, -0.25) is 9.78 Å². The SMILES string of the molecule is CC(=O)Nc1cccc(OCCNc2ccnc3cc(F)ccc23)c1. The van der Waals surface area contributed by atoms with Gasteiger partial charge >= 0.3 is 0 Å². The molecule has 0 saturated carbocycles. The lowest BCUT2D eigenvalue weighted by atomic mass is 10.2. The average Bonchev–Trinajstić information content (AvgIpc) is 2.58. The lowest BCUT2D eigenvalue weighted by Gasteiger charge is -2.11. The molecule has 0 atom stereocenters. The van der Waals surface area contributed by atoms with E-state index in [0.717, 1.165) is 11.1 Å². The van der Waals surface area contributed by atoms with E-state index in [-0.39, 0.29) is 11.7 Å². The van der Waals surface area contributed by atoms with E-state index in [4.69, 9.17) is 4.74 Å². The van der Waals surface area contributed by atoms with E-state index in [2.05, 4.69) is 15.6 Å². The van der Waals surface area contributed by atoms with E-state index in [0.29, 0.717) is 30.1 Å². The number of benzene rings is 2. The molecule has 3 rings (SSSR count). The van der Waals surface area contributed by atoms with Crippen LogP contribution in [0.1, 0.15) is 6.92 Å². The summed E-state index contributed by atoms with van der Waals surface area (Å²) < 4.78 is 19.0. The van der Waals surface area contributed by atoms with E-state index < -0.39 is 0 Å². The van der Waals surface area contributed by atoms with E-state index >= 15 is 0 Å². The maximum absolute atomic E-state index is 13.3. The number of ether oxygens (including phenoxy) is 1. The molecule has 1 aromatic heterocycles. The van der Waals surface area contributed by atoms with Crippen molar-refractivity contribution < 1.29 is 13.9 Å². The molecule has 0 aliphatic rings. The lowest BCUT2D eigenvalue weighted by molar-refractivity contribution is -0.114. The number of carbonyl (C=O) groups excluding carboxylic acids is 1. The zero-order chi connectivity index (χ0) is 17.6. The van der Waals surface area contributed by atoms with Gasteiger partial charge in [-0.1, -0.05) is 6.07 Å². The predicted molar refractivity (Wildman–Crippen MR) is 96.4 cm³/mol. The number of fused-ring (bicyclic) bond motifs is 1. The summed E-state index contributed by atoms with van der Waals surface area (Å²) in [5.74, 6) is 0.245. The molecule has 0 spiro atoms. The number of carbonyl (C=O) groups is 1. The predicted octanol–water partition coefficient (Wildman–Crippen LogP) is 3.82. The van der Waals surface area contributed by atoms with Crippen LogP contribution in [0.3, 0.4) is 0 Å². The molecule has 0 aliphatic carbocycles. The first kappa shape index (κ1) is 16.7. The minimum atomic E-state index is -0.306. The number of hydrogen-bond donors (Lipinski definition) is 2. The molecular weight excluding hydrogens is 321 g/mol. The summed E-state index contributed by atoms with van der Waals surface area (Å²) in [5, 5.41) is 6.84. The summed E-state index contributed by atoms with van der Waals surface area (Å²) in [6.07, 6.45) is 1.64. The van der Waals surface area contributed by atoms with E-state index in [1.54, 1.807) is 24.4 Å². The normalized spacial score (nSPS) is 10.5. The van der Waals surface area contributed by atoms with E-state index in [1.807, 2.05) is 18.2 Å². The summed E-state index contributed by atoms with van der Waals surface area (Å²) in [6, 6.07) is 13.6. The highest BCUT2D eigenvalue weighted by Gasteiger charge is 2.03. The fourth-order valence-corrected chi connectivity index (χ4v) is 2.50. The molecule has 6 heteroatoms. The Labute approximate surface area is 144 Å². The van der Waals surface area contributed by atoms with Crippen molar-refractivity contribution in [2.45, 2.75) is 6.92 Å². The lowest BCUT2D eigenvalue weighted by Crippen LogP contribution is -2.12. The number of rotatable bonds is 6. The zero-order valence-corrected chi connectivity index (χ0v) is 13.8.